The maximum atomic E-state index is 14.4. The molecule has 2 aliphatic carbocycles. The van der Waals surface area contributed by atoms with Crippen molar-refractivity contribution in [3.63, 3.8) is 0 Å². The predicted octanol–water partition coefficient (Wildman–Crippen LogP) is 3.61. The molecule has 2 amide bonds. The highest BCUT2D eigenvalue weighted by Gasteiger charge is 2.44. The largest absolute Gasteiger partial charge is 0.493 e. The van der Waals surface area contributed by atoms with E-state index in [1.54, 1.807) is 35.2 Å². The number of nitrogens with one attached hydrogen (secondary N) is 1. The van der Waals surface area contributed by atoms with Crippen molar-refractivity contribution in [1.29, 1.82) is 0 Å². The zero-order valence-electron chi connectivity index (χ0n) is 24.7. The second-order valence-electron chi connectivity index (χ2n) is 11.2. The first-order chi connectivity index (χ1) is 21.7. The van der Waals surface area contributed by atoms with Gasteiger partial charge in [0.25, 0.3) is 5.91 Å². The number of ether oxygens (including phenoxy) is 2. The van der Waals surface area contributed by atoms with Crippen LogP contribution < -0.4 is 20.4 Å². The number of para-hydroxylation sites is 1. The molecule has 12 heteroatoms. The topological polar surface area (TPSA) is 156 Å². The fourth-order valence-electron chi connectivity index (χ4n) is 6.10. The standard InChI is InChI=1S/C33H35IN2O9/c1-43-28-14-19(18-38)13-24(34)30(28)44-27-17-21(31(40)35-11-12-37)16-25(29(27)39)36(22-8-3-2-4-9-22)32(41)23-15-20-7-5-6-10-26(20)45-33(23)42/h5-7,10,13-15,17-18,22,25,27,29,37,39H,2-4,8-9,11-12,16H2,1H3,(H,35,40). The molecule has 5 rings (SSSR count). The fraction of sp³-hybridized carbons (Fsp3) is 0.394. The second-order valence-corrected chi connectivity index (χ2v) is 12.3. The third-order valence-electron chi connectivity index (χ3n) is 8.29. The van der Waals surface area contributed by atoms with Crippen LogP contribution in [0.1, 0.15) is 59.2 Å². The van der Waals surface area contributed by atoms with Crippen molar-refractivity contribution in [3.05, 3.63) is 79.2 Å². The van der Waals surface area contributed by atoms with Crippen molar-refractivity contribution in [1.82, 2.24) is 10.2 Å². The lowest BCUT2D eigenvalue weighted by Crippen LogP contribution is -2.58. The number of nitrogens with zero attached hydrogens (tertiary/aromatic N) is 1. The Balaban J connectivity index is 1.58. The molecule has 1 heterocycles. The van der Waals surface area contributed by atoms with Crippen LogP contribution in [0.4, 0.5) is 0 Å². The van der Waals surface area contributed by atoms with Crippen LogP contribution in [-0.4, -0.2) is 77.8 Å². The smallest absolute Gasteiger partial charge is 0.349 e. The van der Waals surface area contributed by atoms with Gasteiger partial charge in [-0.25, -0.2) is 4.79 Å². The maximum Gasteiger partial charge on any atom is 0.349 e. The highest BCUT2D eigenvalue weighted by atomic mass is 127. The summed E-state index contributed by atoms with van der Waals surface area (Å²) in [6, 6.07) is 10.3. The fourth-order valence-corrected chi connectivity index (χ4v) is 6.86. The van der Waals surface area contributed by atoms with E-state index < -0.39 is 35.7 Å². The molecule has 0 radical (unpaired) electrons. The number of hydrogen-bond acceptors (Lipinski definition) is 9. The van der Waals surface area contributed by atoms with Crippen LogP contribution >= 0.6 is 22.6 Å². The molecule has 3 aromatic rings. The second kappa shape index (κ2) is 14.6. The summed E-state index contributed by atoms with van der Waals surface area (Å²) in [6.07, 6.45) is 3.78. The van der Waals surface area contributed by atoms with Gasteiger partial charge in [-0.1, -0.05) is 37.5 Å². The molecule has 0 bridgehead atoms. The minimum atomic E-state index is -1.32. The Morgan fingerprint density at radius 2 is 1.91 bits per heavy atom. The Kier molecular flexibility index (Phi) is 10.6. The summed E-state index contributed by atoms with van der Waals surface area (Å²) in [7, 11) is 1.43. The Morgan fingerprint density at radius 3 is 2.62 bits per heavy atom. The normalized spacial score (nSPS) is 20.3. The molecule has 3 atom stereocenters. The summed E-state index contributed by atoms with van der Waals surface area (Å²) in [5.74, 6) is -0.560. The number of fused-ring (bicyclic) bond motifs is 1. The van der Waals surface area contributed by atoms with E-state index in [2.05, 4.69) is 5.32 Å². The minimum absolute atomic E-state index is 0.0111. The molecule has 1 saturated carbocycles. The Morgan fingerprint density at radius 1 is 1.16 bits per heavy atom. The van der Waals surface area contributed by atoms with Crippen molar-refractivity contribution in [2.24, 2.45) is 0 Å². The molecule has 1 aromatic heterocycles. The number of aliphatic hydroxyl groups excluding tert-OH is 2. The zero-order valence-corrected chi connectivity index (χ0v) is 26.9. The van der Waals surface area contributed by atoms with Gasteiger partial charge >= 0.3 is 5.63 Å². The SMILES string of the molecule is COc1cc(C=O)cc(I)c1OC1C=C(C(=O)NCCO)CC(N(C(=O)c2cc3ccccc3oc2=O)C2CCCCC2)C1O. The molecule has 0 spiro atoms. The van der Waals surface area contributed by atoms with Crippen LogP contribution in [0, 0.1) is 3.57 Å². The van der Waals surface area contributed by atoms with Gasteiger partial charge in [0, 0.05) is 35.5 Å². The molecule has 3 unspecified atom stereocenters. The van der Waals surface area contributed by atoms with E-state index >= 15 is 0 Å². The summed E-state index contributed by atoms with van der Waals surface area (Å²) in [4.78, 5) is 53.8. The van der Waals surface area contributed by atoms with Gasteiger partial charge in [-0.2, -0.15) is 0 Å². The van der Waals surface area contributed by atoms with Crippen molar-refractivity contribution in [3.8, 4) is 11.5 Å². The number of amides is 2. The van der Waals surface area contributed by atoms with Crippen LogP contribution in [0.3, 0.4) is 0 Å². The van der Waals surface area contributed by atoms with Crippen LogP contribution in [0.2, 0.25) is 0 Å². The molecule has 3 N–H and O–H groups in total. The van der Waals surface area contributed by atoms with Gasteiger partial charge < -0.3 is 34.3 Å². The highest BCUT2D eigenvalue weighted by Crippen LogP contribution is 2.38. The highest BCUT2D eigenvalue weighted by molar-refractivity contribution is 14.1. The average Bonchev–Trinajstić information content (AvgIpc) is 3.05. The van der Waals surface area contributed by atoms with Gasteiger partial charge in [-0.05, 0) is 65.8 Å². The van der Waals surface area contributed by atoms with E-state index in [4.69, 9.17) is 13.9 Å². The van der Waals surface area contributed by atoms with Crippen LogP contribution in [-0.2, 0) is 4.79 Å². The third-order valence-corrected chi connectivity index (χ3v) is 9.09. The lowest BCUT2D eigenvalue weighted by molar-refractivity contribution is -0.118. The minimum Gasteiger partial charge on any atom is -0.493 e. The van der Waals surface area contributed by atoms with Gasteiger partial charge in [0.2, 0.25) is 5.91 Å². The first kappa shape index (κ1) is 32.6. The molecule has 0 saturated heterocycles. The van der Waals surface area contributed by atoms with Gasteiger partial charge in [-0.15, -0.1) is 0 Å². The summed E-state index contributed by atoms with van der Waals surface area (Å²) in [6.45, 7) is -0.259. The molecule has 1 fully saturated rings. The number of halogens is 1. The Labute approximate surface area is 273 Å². The van der Waals surface area contributed by atoms with Gasteiger partial charge in [-0.3, -0.25) is 14.4 Å². The monoisotopic (exact) mass is 730 g/mol. The van der Waals surface area contributed by atoms with E-state index in [0.717, 1.165) is 19.3 Å². The summed E-state index contributed by atoms with van der Waals surface area (Å²) in [5, 5.41) is 24.5. The first-order valence-corrected chi connectivity index (χ1v) is 16.0. The van der Waals surface area contributed by atoms with Gasteiger partial charge in [0.05, 0.1) is 23.3 Å². The van der Waals surface area contributed by atoms with Crippen LogP contribution in [0.5, 0.6) is 11.5 Å². The maximum absolute atomic E-state index is 14.4. The Hall–Kier alpha value is -3.75. The number of methoxy groups -OCH3 is 1. The van der Waals surface area contributed by atoms with Crippen LogP contribution in [0.25, 0.3) is 11.0 Å². The number of hydrogen-bond donors (Lipinski definition) is 3. The molecule has 238 valence electrons. The molecular formula is C33H35IN2O9. The first-order valence-electron chi connectivity index (χ1n) is 14.9. The summed E-state index contributed by atoms with van der Waals surface area (Å²) < 4.78 is 17.8. The number of carbonyl (C=O) groups is 3. The number of rotatable bonds is 10. The van der Waals surface area contributed by atoms with Crippen molar-refractivity contribution >= 4 is 51.7 Å². The molecule has 0 aliphatic heterocycles. The predicted molar refractivity (Wildman–Crippen MR) is 174 cm³/mol. The zero-order chi connectivity index (χ0) is 32.1. The van der Waals surface area contributed by atoms with E-state index in [-0.39, 0.29) is 48.2 Å². The van der Waals surface area contributed by atoms with E-state index in [0.29, 0.717) is 39.2 Å². The molecule has 11 nitrogen and oxygen atoms in total. The summed E-state index contributed by atoms with van der Waals surface area (Å²) in [5.41, 5.74) is 0.0216. The van der Waals surface area contributed by atoms with Crippen LogP contribution in [0.15, 0.2) is 63.3 Å². The molecule has 45 heavy (non-hydrogen) atoms. The van der Waals surface area contributed by atoms with E-state index in [1.807, 2.05) is 22.6 Å². The number of aliphatic hydroxyl groups is 2. The lowest BCUT2D eigenvalue weighted by atomic mass is 9.84. The number of benzene rings is 2. The summed E-state index contributed by atoms with van der Waals surface area (Å²) >= 11 is 2.00. The number of carbonyl (C=O) groups excluding carboxylic acids is 3. The Bertz CT molecular complexity index is 1660. The van der Waals surface area contributed by atoms with E-state index in [1.165, 1.54) is 25.3 Å². The number of aldehydes is 1. The quantitative estimate of drug-likeness (QED) is 0.161. The van der Waals surface area contributed by atoms with E-state index in [9.17, 15) is 29.4 Å². The van der Waals surface area contributed by atoms with Gasteiger partial charge in [0.1, 0.15) is 29.6 Å². The third kappa shape index (κ3) is 7.07. The van der Waals surface area contributed by atoms with Crippen molar-refractivity contribution in [2.75, 3.05) is 20.3 Å². The molecule has 2 aromatic carbocycles. The van der Waals surface area contributed by atoms with Gasteiger partial charge in [0.15, 0.2) is 11.5 Å². The molecule has 2 aliphatic rings. The lowest BCUT2D eigenvalue weighted by Gasteiger charge is -2.45. The average molecular weight is 731 g/mol. The molecular weight excluding hydrogens is 695 g/mol. The van der Waals surface area contributed by atoms with Crippen molar-refractivity contribution < 1.29 is 38.5 Å². The van der Waals surface area contributed by atoms with Crippen molar-refractivity contribution in [2.45, 2.75) is 62.8 Å².